The number of benzene rings is 1. The van der Waals surface area contributed by atoms with Gasteiger partial charge in [0, 0.05) is 0 Å². The van der Waals surface area contributed by atoms with E-state index in [1.165, 1.54) is 0 Å². The number of hydrogen-bond donors (Lipinski definition) is 3. The molecule has 0 fully saturated rings. The molecular formula is C20H28N2O8S. The van der Waals surface area contributed by atoms with E-state index in [0.29, 0.717) is 5.56 Å². The standard InChI is InChI=1S/C20H28N2O8S/c1-14(21)18(31)22-16(19(24)25)13-17(23)29-11-9-27-7-8-28-10-12-30-20(26)15-5-3-2-4-6-15/h2-6,14,16H,7-13,21H2,1H3,(H,22,31)(H,24,25)/t14-,16-/m0/s1. The zero-order chi connectivity index (χ0) is 23.1. The molecule has 1 rings (SSSR count). The zero-order valence-electron chi connectivity index (χ0n) is 17.3. The van der Waals surface area contributed by atoms with Crippen LogP contribution in [-0.4, -0.2) is 79.7 Å². The van der Waals surface area contributed by atoms with Gasteiger partial charge in [0.1, 0.15) is 19.3 Å². The molecule has 1 aromatic carbocycles. The summed E-state index contributed by atoms with van der Waals surface area (Å²) >= 11 is 4.93. The average molecular weight is 457 g/mol. The fourth-order valence-electron chi connectivity index (χ4n) is 2.12. The van der Waals surface area contributed by atoms with E-state index in [4.69, 9.17) is 42.0 Å². The maximum absolute atomic E-state index is 11.8. The summed E-state index contributed by atoms with van der Waals surface area (Å²) in [5.74, 6) is -2.35. The third kappa shape index (κ3) is 12.0. The second-order valence-corrected chi connectivity index (χ2v) is 6.78. The fourth-order valence-corrected chi connectivity index (χ4v) is 2.26. The molecule has 11 heteroatoms. The van der Waals surface area contributed by atoms with Crippen LogP contribution in [-0.2, 0) is 28.5 Å². The fraction of sp³-hybridized carbons (Fsp3) is 0.500. The van der Waals surface area contributed by atoms with Crippen molar-refractivity contribution in [3.05, 3.63) is 35.9 Å². The van der Waals surface area contributed by atoms with Crippen molar-refractivity contribution in [1.82, 2.24) is 5.32 Å². The van der Waals surface area contributed by atoms with Crippen molar-refractivity contribution in [2.45, 2.75) is 25.4 Å². The van der Waals surface area contributed by atoms with Gasteiger partial charge in [-0.3, -0.25) is 4.79 Å². The number of nitrogens with two attached hydrogens (primary N) is 1. The summed E-state index contributed by atoms with van der Waals surface area (Å²) < 4.78 is 20.5. The predicted octanol–water partition coefficient (Wildman–Crippen LogP) is 0.527. The number of nitrogens with one attached hydrogen (secondary N) is 1. The Labute approximate surface area is 186 Å². The molecule has 0 aromatic heterocycles. The van der Waals surface area contributed by atoms with Gasteiger partial charge in [-0.25, -0.2) is 9.59 Å². The lowest BCUT2D eigenvalue weighted by Crippen LogP contribution is -2.47. The molecule has 4 N–H and O–H groups in total. The van der Waals surface area contributed by atoms with Gasteiger partial charge in [-0.1, -0.05) is 30.4 Å². The van der Waals surface area contributed by atoms with E-state index in [1.807, 2.05) is 6.07 Å². The molecule has 0 aliphatic heterocycles. The Morgan fingerprint density at radius 1 is 1.00 bits per heavy atom. The van der Waals surface area contributed by atoms with E-state index in [2.05, 4.69) is 5.32 Å². The zero-order valence-corrected chi connectivity index (χ0v) is 18.1. The van der Waals surface area contributed by atoms with Crippen LogP contribution in [0.5, 0.6) is 0 Å². The molecule has 0 saturated heterocycles. The van der Waals surface area contributed by atoms with Crippen molar-refractivity contribution < 1.29 is 38.4 Å². The molecule has 31 heavy (non-hydrogen) atoms. The van der Waals surface area contributed by atoms with E-state index >= 15 is 0 Å². The van der Waals surface area contributed by atoms with Crippen molar-refractivity contribution in [2.75, 3.05) is 39.6 Å². The number of aliphatic carboxylic acids is 1. The summed E-state index contributed by atoms with van der Waals surface area (Å²) in [6.07, 6.45) is -0.396. The third-order valence-electron chi connectivity index (χ3n) is 3.73. The summed E-state index contributed by atoms with van der Waals surface area (Å²) in [7, 11) is 0. The number of carbonyl (C=O) groups excluding carboxylic acids is 2. The first-order valence-electron chi connectivity index (χ1n) is 9.63. The lowest BCUT2D eigenvalue weighted by atomic mass is 10.2. The maximum atomic E-state index is 11.8. The van der Waals surface area contributed by atoms with E-state index in [0.717, 1.165) is 0 Å². The Morgan fingerprint density at radius 3 is 2.10 bits per heavy atom. The summed E-state index contributed by atoms with van der Waals surface area (Å²) in [6.45, 7) is 2.58. The summed E-state index contributed by atoms with van der Waals surface area (Å²) in [5, 5.41) is 11.7. The van der Waals surface area contributed by atoms with Gasteiger partial charge in [0.2, 0.25) is 0 Å². The van der Waals surface area contributed by atoms with Crippen molar-refractivity contribution in [1.29, 1.82) is 0 Å². The lowest BCUT2D eigenvalue weighted by Gasteiger charge is -2.17. The van der Waals surface area contributed by atoms with Gasteiger partial charge in [-0.2, -0.15) is 0 Å². The minimum atomic E-state index is -1.23. The van der Waals surface area contributed by atoms with Crippen LogP contribution >= 0.6 is 12.2 Å². The molecule has 0 radical (unpaired) electrons. The first-order valence-corrected chi connectivity index (χ1v) is 10.0. The van der Waals surface area contributed by atoms with E-state index in [-0.39, 0.29) is 44.6 Å². The third-order valence-corrected chi connectivity index (χ3v) is 4.22. The largest absolute Gasteiger partial charge is 0.480 e. The highest BCUT2D eigenvalue weighted by molar-refractivity contribution is 7.80. The Bertz CT molecular complexity index is 714. The lowest BCUT2D eigenvalue weighted by molar-refractivity contribution is -0.150. The molecule has 0 saturated carbocycles. The van der Waals surface area contributed by atoms with Crippen LogP contribution in [0.3, 0.4) is 0 Å². The molecule has 0 amide bonds. The maximum Gasteiger partial charge on any atom is 0.338 e. The van der Waals surface area contributed by atoms with Gasteiger partial charge in [0.25, 0.3) is 0 Å². The molecule has 0 bridgehead atoms. The molecule has 2 atom stereocenters. The van der Waals surface area contributed by atoms with Gasteiger partial charge in [0.05, 0.1) is 49.4 Å². The van der Waals surface area contributed by atoms with Gasteiger partial charge in [-0.15, -0.1) is 0 Å². The average Bonchev–Trinajstić information content (AvgIpc) is 2.74. The number of carboxylic acid groups (broad SMARTS) is 1. The van der Waals surface area contributed by atoms with Crippen LogP contribution in [0.4, 0.5) is 0 Å². The Kier molecular flexibility index (Phi) is 13.0. The number of hydrogen-bond acceptors (Lipinski definition) is 9. The Balaban J connectivity index is 2.03. The monoisotopic (exact) mass is 456 g/mol. The van der Waals surface area contributed by atoms with Crippen molar-refractivity contribution in [3.63, 3.8) is 0 Å². The summed E-state index contributed by atoms with van der Waals surface area (Å²) in [5.41, 5.74) is 6.03. The highest BCUT2D eigenvalue weighted by atomic mass is 32.1. The van der Waals surface area contributed by atoms with E-state index in [1.54, 1.807) is 31.2 Å². The van der Waals surface area contributed by atoms with Crippen LogP contribution in [0.15, 0.2) is 30.3 Å². The quantitative estimate of drug-likeness (QED) is 0.193. The van der Waals surface area contributed by atoms with Gasteiger partial charge < -0.3 is 35.1 Å². The van der Waals surface area contributed by atoms with Crippen LogP contribution in [0, 0.1) is 0 Å². The number of ether oxygens (including phenoxy) is 4. The number of thiocarbonyl (C=S) groups is 1. The number of rotatable bonds is 15. The Hall–Kier alpha value is -2.60. The molecule has 0 spiro atoms. The van der Waals surface area contributed by atoms with Crippen LogP contribution in [0.25, 0.3) is 0 Å². The summed E-state index contributed by atoms with van der Waals surface area (Å²) in [4.78, 5) is 34.8. The van der Waals surface area contributed by atoms with E-state index in [9.17, 15) is 14.4 Å². The minimum Gasteiger partial charge on any atom is -0.480 e. The number of esters is 2. The minimum absolute atomic E-state index is 0.0302. The highest BCUT2D eigenvalue weighted by Gasteiger charge is 2.23. The molecule has 10 nitrogen and oxygen atoms in total. The molecule has 0 heterocycles. The molecular weight excluding hydrogens is 428 g/mol. The highest BCUT2D eigenvalue weighted by Crippen LogP contribution is 2.01. The van der Waals surface area contributed by atoms with E-state index < -0.39 is 36.4 Å². The first kappa shape index (κ1) is 26.4. The van der Waals surface area contributed by atoms with Crippen molar-refractivity contribution in [3.8, 4) is 0 Å². The summed E-state index contributed by atoms with van der Waals surface area (Å²) in [6, 6.07) is 6.90. The van der Waals surface area contributed by atoms with Gasteiger partial charge in [-0.05, 0) is 19.1 Å². The van der Waals surface area contributed by atoms with Crippen molar-refractivity contribution in [2.24, 2.45) is 5.73 Å². The number of carboxylic acids is 1. The Morgan fingerprint density at radius 2 is 1.55 bits per heavy atom. The second kappa shape index (κ2) is 15.2. The molecule has 0 aliphatic rings. The second-order valence-electron chi connectivity index (χ2n) is 6.34. The molecule has 1 aromatic rings. The molecule has 0 aliphatic carbocycles. The van der Waals surface area contributed by atoms with Gasteiger partial charge >= 0.3 is 17.9 Å². The van der Waals surface area contributed by atoms with Gasteiger partial charge in [0.15, 0.2) is 0 Å². The number of carbonyl (C=O) groups is 3. The van der Waals surface area contributed by atoms with Crippen LogP contribution < -0.4 is 11.1 Å². The SMILES string of the molecule is C[C@H](N)C(=S)N[C@@H](CC(=O)OCCOCCOCCOC(=O)c1ccccc1)C(=O)O. The molecule has 0 unspecified atom stereocenters. The van der Waals surface area contributed by atoms with Crippen LogP contribution in [0.1, 0.15) is 23.7 Å². The van der Waals surface area contributed by atoms with Crippen LogP contribution in [0.2, 0.25) is 0 Å². The molecule has 172 valence electrons. The smallest absolute Gasteiger partial charge is 0.338 e. The topological polar surface area (TPSA) is 146 Å². The predicted molar refractivity (Wildman–Crippen MR) is 115 cm³/mol. The van der Waals surface area contributed by atoms with Crippen molar-refractivity contribution >= 4 is 35.1 Å². The first-order chi connectivity index (χ1) is 14.8. The normalized spacial score (nSPS) is 12.5.